The van der Waals surface area contributed by atoms with E-state index in [0.717, 1.165) is 0 Å². The van der Waals surface area contributed by atoms with Gasteiger partial charge in [-0.25, -0.2) is 4.79 Å². The van der Waals surface area contributed by atoms with E-state index < -0.39 is 11.9 Å². The maximum absolute atomic E-state index is 12.0. The van der Waals surface area contributed by atoms with Gasteiger partial charge in [-0.15, -0.1) is 0 Å². The number of esters is 1. The number of hydrogen-bond donors (Lipinski definition) is 1. The molecule has 0 heterocycles. The topological polar surface area (TPSA) is 73.9 Å². The van der Waals surface area contributed by atoms with Crippen LogP contribution in [-0.2, 0) is 9.53 Å². The van der Waals surface area contributed by atoms with Gasteiger partial charge in [-0.2, -0.15) is 0 Å². The Bertz CT molecular complexity index is 699. The van der Waals surface area contributed by atoms with Crippen molar-refractivity contribution in [2.75, 3.05) is 26.1 Å². The van der Waals surface area contributed by atoms with Gasteiger partial charge in [0.15, 0.2) is 18.1 Å². The Hall–Kier alpha value is -3.02. The molecule has 0 fully saturated rings. The van der Waals surface area contributed by atoms with Crippen molar-refractivity contribution in [3.05, 3.63) is 54.1 Å². The van der Waals surface area contributed by atoms with E-state index in [1.165, 1.54) is 14.2 Å². The van der Waals surface area contributed by atoms with E-state index in [9.17, 15) is 9.59 Å². The number of hydrogen-bond acceptors (Lipinski definition) is 5. The molecule has 23 heavy (non-hydrogen) atoms. The fourth-order valence-corrected chi connectivity index (χ4v) is 1.95. The second-order valence-corrected chi connectivity index (χ2v) is 4.52. The van der Waals surface area contributed by atoms with Crippen LogP contribution in [0.25, 0.3) is 0 Å². The second-order valence-electron chi connectivity index (χ2n) is 4.52. The van der Waals surface area contributed by atoms with Crippen LogP contribution in [0.4, 0.5) is 5.69 Å². The van der Waals surface area contributed by atoms with Gasteiger partial charge in [0, 0.05) is 0 Å². The number of carbonyl (C=O) groups is 2. The number of ether oxygens (including phenoxy) is 3. The monoisotopic (exact) mass is 315 g/mol. The van der Waals surface area contributed by atoms with Crippen LogP contribution < -0.4 is 14.8 Å². The van der Waals surface area contributed by atoms with E-state index in [1.807, 2.05) is 0 Å². The summed E-state index contributed by atoms with van der Waals surface area (Å²) >= 11 is 0. The summed E-state index contributed by atoms with van der Waals surface area (Å²) in [4.78, 5) is 23.7. The Labute approximate surface area is 134 Å². The van der Waals surface area contributed by atoms with Crippen LogP contribution in [-0.4, -0.2) is 32.7 Å². The number of carbonyl (C=O) groups excluding carboxylic acids is 2. The Morgan fingerprint density at radius 2 is 1.61 bits per heavy atom. The molecular weight excluding hydrogens is 298 g/mol. The Balaban J connectivity index is 2.02. The minimum absolute atomic E-state index is 0.212. The van der Waals surface area contributed by atoms with Crippen LogP contribution >= 0.6 is 0 Å². The van der Waals surface area contributed by atoms with Gasteiger partial charge in [0.2, 0.25) is 0 Å². The molecule has 1 amide bonds. The zero-order valence-corrected chi connectivity index (χ0v) is 12.9. The highest BCUT2D eigenvalue weighted by atomic mass is 16.5. The molecule has 0 unspecified atom stereocenters. The fraction of sp³-hybridized carbons (Fsp3) is 0.176. The third kappa shape index (κ3) is 4.23. The van der Waals surface area contributed by atoms with E-state index in [4.69, 9.17) is 9.47 Å². The van der Waals surface area contributed by atoms with E-state index in [-0.39, 0.29) is 12.2 Å². The molecule has 6 nitrogen and oxygen atoms in total. The van der Waals surface area contributed by atoms with Crippen LogP contribution in [0.1, 0.15) is 10.4 Å². The number of amides is 1. The highest BCUT2D eigenvalue weighted by molar-refractivity contribution is 6.01. The summed E-state index contributed by atoms with van der Waals surface area (Å²) in [6.45, 7) is -0.212. The van der Waals surface area contributed by atoms with E-state index in [0.29, 0.717) is 17.2 Å². The number of nitrogens with one attached hydrogen (secondary N) is 1. The average Bonchev–Trinajstić information content (AvgIpc) is 2.60. The highest BCUT2D eigenvalue weighted by Crippen LogP contribution is 2.25. The van der Waals surface area contributed by atoms with E-state index in [1.54, 1.807) is 48.5 Å². The van der Waals surface area contributed by atoms with Gasteiger partial charge in [-0.3, -0.25) is 4.79 Å². The molecule has 0 radical (unpaired) electrons. The van der Waals surface area contributed by atoms with Gasteiger partial charge in [0.1, 0.15) is 0 Å². The number of para-hydroxylation sites is 3. The summed E-state index contributed by atoms with van der Waals surface area (Å²) in [5.41, 5.74) is 0.647. The van der Waals surface area contributed by atoms with E-state index in [2.05, 4.69) is 10.1 Å². The van der Waals surface area contributed by atoms with Crippen molar-refractivity contribution < 1.29 is 23.8 Å². The quantitative estimate of drug-likeness (QED) is 0.829. The van der Waals surface area contributed by atoms with Gasteiger partial charge in [-0.1, -0.05) is 24.3 Å². The molecule has 0 aromatic heterocycles. The Morgan fingerprint density at radius 3 is 2.30 bits per heavy atom. The van der Waals surface area contributed by atoms with Crippen molar-refractivity contribution in [2.45, 2.75) is 0 Å². The van der Waals surface area contributed by atoms with Crippen LogP contribution in [0.3, 0.4) is 0 Å². The smallest absolute Gasteiger partial charge is 0.339 e. The summed E-state index contributed by atoms with van der Waals surface area (Å²) in [7, 11) is 2.81. The van der Waals surface area contributed by atoms with Crippen LogP contribution in [0, 0.1) is 0 Å². The third-order valence-electron chi connectivity index (χ3n) is 3.03. The lowest BCUT2D eigenvalue weighted by atomic mass is 10.2. The lowest BCUT2D eigenvalue weighted by Gasteiger charge is -2.12. The normalized spacial score (nSPS) is 9.83. The predicted molar refractivity (Wildman–Crippen MR) is 84.9 cm³/mol. The summed E-state index contributed by atoms with van der Waals surface area (Å²) in [6, 6.07) is 13.6. The maximum atomic E-state index is 12.0. The molecule has 6 heteroatoms. The van der Waals surface area contributed by atoms with Gasteiger partial charge in [0.25, 0.3) is 5.91 Å². The van der Waals surface area contributed by atoms with Crippen molar-refractivity contribution >= 4 is 17.6 Å². The van der Waals surface area contributed by atoms with Crippen molar-refractivity contribution in [3.8, 4) is 11.5 Å². The number of anilines is 1. The molecule has 2 aromatic rings. The first-order chi connectivity index (χ1) is 11.2. The highest BCUT2D eigenvalue weighted by Gasteiger charge is 2.14. The molecule has 120 valence electrons. The Morgan fingerprint density at radius 1 is 0.957 bits per heavy atom. The van der Waals surface area contributed by atoms with Crippen molar-refractivity contribution in [1.82, 2.24) is 0 Å². The molecule has 0 spiro atoms. The summed E-state index contributed by atoms with van der Waals surface area (Å²) < 4.78 is 15.3. The van der Waals surface area contributed by atoms with Gasteiger partial charge >= 0.3 is 5.97 Å². The molecule has 0 aliphatic heterocycles. The first-order valence-electron chi connectivity index (χ1n) is 6.88. The summed E-state index contributed by atoms with van der Waals surface area (Å²) in [5, 5.41) is 2.63. The molecule has 0 atom stereocenters. The van der Waals surface area contributed by atoms with Crippen molar-refractivity contribution in [1.29, 1.82) is 0 Å². The van der Waals surface area contributed by atoms with Gasteiger partial charge in [-0.05, 0) is 24.3 Å². The third-order valence-corrected chi connectivity index (χ3v) is 3.03. The average molecular weight is 315 g/mol. The number of methoxy groups -OCH3 is 2. The van der Waals surface area contributed by atoms with Gasteiger partial charge in [0.05, 0.1) is 25.5 Å². The SMILES string of the molecule is COC(=O)c1ccccc1NC(=O)COc1ccccc1OC. The maximum Gasteiger partial charge on any atom is 0.339 e. The molecular formula is C17H17NO5. The molecule has 2 aromatic carbocycles. The first kappa shape index (κ1) is 16.4. The molecule has 1 N–H and O–H groups in total. The van der Waals surface area contributed by atoms with E-state index >= 15 is 0 Å². The lowest BCUT2D eigenvalue weighted by Crippen LogP contribution is -2.21. The zero-order chi connectivity index (χ0) is 16.7. The first-order valence-corrected chi connectivity index (χ1v) is 6.88. The largest absolute Gasteiger partial charge is 0.493 e. The molecule has 0 bridgehead atoms. The standard InChI is InChI=1S/C17H17NO5/c1-21-14-9-5-6-10-15(14)23-11-16(19)18-13-8-4-3-7-12(13)17(20)22-2/h3-10H,11H2,1-2H3,(H,18,19). The number of rotatable bonds is 6. The molecule has 0 aliphatic carbocycles. The van der Waals surface area contributed by atoms with Crippen LogP contribution in [0.5, 0.6) is 11.5 Å². The Kier molecular flexibility index (Phi) is 5.57. The predicted octanol–water partition coefficient (Wildman–Crippen LogP) is 2.50. The minimum atomic E-state index is -0.522. The summed E-state index contributed by atoms with van der Waals surface area (Å²) in [5.74, 6) is 0.0838. The molecule has 0 saturated carbocycles. The van der Waals surface area contributed by atoms with Crippen LogP contribution in [0.15, 0.2) is 48.5 Å². The fourth-order valence-electron chi connectivity index (χ4n) is 1.95. The lowest BCUT2D eigenvalue weighted by molar-refractivity contribution is -0.118. The second kappa shape index (κ2) is 7.84. The van der Waals surface area contributed by atoms with Crippen molar-refractivity contribution in [3.63, 3.8) is 0 Å². The van der Waals surface area contributed by atoms with Crippen LogP contribution in [0.2, 0.25) is 0 Å². The zero-order valence-electron chi connectivity index (χ0n) is 12.9. The van der Waals surface area contributed by atoms with Gasteiger partial charge < -0.3 is 19.5 Å². The molecule has 0 saturated heterocycles. The summed E-state index contributed by atoms with van der Waals surface area (Å²) in [6.07, 6.45) is 0. The number of benzene rings is 2. The molecule has 0 aliphatic rings. The minimum Gasteiger partial charge on any atom is -0.493 e. The van der Waals surface area contributed by atoms with Crippen molar-refractivity contribution in [2.24, 2.45) is 0 Å². The molecule has 2 rings (SSSR count).